The Hall–Kier alpha value is -1.12. The third-order valence-electron chi connectivity index (χ3n) is 3.74. The zero-order valence-corrected chi connectivity index (χ0v) is 12.2. The highest BCUT2D eigenvalue weighted by atomic mass is 79.9. The first-order valence-electron chi connectivity index (χ1n) is 6.07. The van der Waals surface area contributed by atoms with E-state index in [-0.39, 0.29) is 0 Å². The molecule has 1 aliphatic rings. The van der Waals surface area contributed by atoms with Gasteiger partial charge in [0.25, 0.3) is 0 Å². The number of ether oxygens (including phenoxy) is 1. The molecule has 0 aliphatic heterocycles. The normalized spacial score (nSPS) is 17.3. The fourth-order valence-electron chi connectivity index (χ4n) is 2.87. The molecule has 0 aromatic heterocycles. The zero-order valence-electron chi connectivity index (χ0n) is 10.6. The summed E-state index contributed by atoms with van der Waals surface area (Å²) < 4.78 is 6.47. The van der Waals surface area contributed by atoms with Gasteiger partial charge in [0.2, 0.25) is 6.08 Å². The Kier molecular flexibility index (Phi) is 3.88. The van der Waals surface area contributed by atoms with Crippen LogP contribution in [0.25, 0.3) is 0 Å². The number of halogens is 1. The number of hydrogen-bond donors (Lipinski definition) is 0. The minimum Gasteiger partial charge on any atom is -0.496 e. The SMILES string of the molecule is COc1ccc(Br)c(C)c1C1(N=C=O)CCCC1. The molecular weight excluding hydrogens is 294 g/mol. The lowest BCUT2D eigenvalue weighted by Gasteiger charge is -2.27. The molecule has 0 N–H and O–H groups in total. The Morgan fingerprint density at radius 2 is 2.06 bits per heavy atom. The van der Waals surface area contributed by atoms with E-state index in [2.05, 4.69) is 20.9 Å². The van der Waals surface area contributed by atoms with E-state index in [9.17, 15) is 4.79 Å². The molecule has 1 saturated carbocycles. The van der Waals surface area contributed by atoms with E-state index in [4.69, 9.17) is 4.74 Å². The molecular formula is C14H16BrNO2. The standard InChI is InChI=1S/C14H16BrNO2/c1-10-11(15)5-6-12(18-2)13(10)14(16-9-17)7-3-4-8-14/h5-6H,3-4,7-8H2,1-2H3. The molecule has 18 heavy (non-hydrogen) atoms. The van der Waals surface area contributed by atoms with Crippen LogP contribution in [0.1, 0.15) is 36.8 Å². The molecule has 0 spiro atoms. The number of hydrogen-bond acceptors (Lipinski definition) is 3. The Morgan fingerprint density at radius 1 is 1.39 bits per heavy atom. The summed E-state index contributed by atoms with van der Waals surface area (Å²) in [7, 11) is 1.65. The van der Waals surface area contributed by atoms with Crippen molar-refractivity contribution >= 4 is 22.0 Å². The van der Waals surface area contributed by atoms with Crippen molar-refractivity contribution in [1.29, 1.82) is 0 Å². The van der Waals surface area contributed by atoms with Crippen molar-refractivity contribution in [3.05, 3.63) is 27.7 Å². The van der Waals surface area contributed by atoms with Crippen LogP contribution in [-0.4, -0.2) is 13.2 Å². The van der Waals surface area contributed by atoms with E-state index in [1.54, 1.807) is 13.2 Å². The van der Waals surface area contributed by atoms with Crippen LogP contribution < -0.4 is 4.74 Å². The highest BCUT2D eigenvalue weighted by Crippen LogP contribution is 2.48. The first-order chi connectivity index (χ1) is 8.64. The summed E-state index contributed by atoms with van der Waals surface area (Å²) in [4.78, 5) is 14.9. The molecule has 0 bridgehead atoms. The van der Waals surface area contributed by atoms with Gasteiger partial charge in [-0.3, -0.25) is 0 Å². The summed E-state index contributed by atoms with van der Waals surface area (Å²) in [5, 5.41) is 0. The minimum atomic E-state index is -0.443. The van der Waals surface area contributed by atoms with Crippen LogP contribution in [0.2, 0.25) is 0 Å². The van der Waals surface area contributed by atoms with Gasteiger partial charge in [-0.15, -0.1) is 0 Å². The summed E-state index contributed by atoms with van der Waals surface area (Å²) in [6.45, 7) is 2.03. The number of methoxy groups -OCH3 is 1. The summed E-state index contributed by atoms with van der Waals surface area (Å²) in [6, 6.07) is 3.89. The molecule has 0 atom stereocenters. The van der Waals surface area contributed by atoms with E-state index in [0.29, 0.717) is 0 Å². The Labute approximate surface area is 115 Å². The average Bonchev–Trinajstić information content (AvgIpc) is 2.82. The Balaban J connectivity index is 2.67. The topological polar surface area (TPSA) is 38.7 Å². The monoisotopic (exact) mass is 309 g/mol. The highest BCUT2D eigenvalue weighted by molar-refractivity contribution is 9.10. The summed E-state index contributed by atoms with van der Waals surface area (Å²) in [5.41, 5.74) is 1.68. The maximum absolute atomic E-state index is 10.8. The third-order valence-corrected chi connectivity index (χ3v) is 4.60. The number of aliphatic imine (C=N–C) groups is 1. The van der Waals surface area contributed by atoms with Gasteiger partial charge in [-0.1, -0.05) is 28.8 Å². The Morgan fingerprint density at radius 3 is 2.61 bits per heavy atom. The second kappa shape index (κ2) is 5.25. The number of carbonyl (C=O) groups excluding carboxylic acids is 1. The lowest BCUT2D eigenvalue weighted by atomic mass is 9.85. The van der Waals surface area contributed by atoms with Gasteiger partial charge < -0.3 is 4.74 Å². The third kappa shape index (κ3) is 2.11. The molecule has 96 valence electrons. The predicted octanol–water partition coefficient (Wildman–Crippen LogP) is 3.87. The first-order valence-corrected chi connectivity index (χ1v) is 6.86. The lowest BCUT2D eigenvalue weighted by molar-refractivity contribution is 0.377. The van der Waals surface area contributed by atoms with Crippen LogP contribution >= 0.6 is 15.9 Å². The molecule has 0 heterocycles. The Bertz CT molecular complexity index is 501. The van der Waals surface area contributed by atoms with E-state index >= 15 is 0 Å². The van der Waals surface area contributed by atoms with Crippen LogP contribution in [0.3, 0.4) is 0 Å². The van der Waals surface area contributed by atoms with Crippen LogP contribution in [-0.2, 0) is 10.3 Å². The lowest BCUT2D eigenvalue weighted by Crippen LogP contribution is -2.21. The first kappa shape index (κ1) is 13.3. The summed E-state index contributed by atoms with van der Waals surface area (Å²) in [5.74, 6) is 0.802. The number of rotatable bonds is 3. The molecule has 1 aromatic rings. The maximum atomic E-state index is 10.8. The van der Waals surface area contributed by atoms with Crippen molar-refractivity contribution in [2.24, 2.45) is 4.99 Å². The summed E-state index contributed by atoms with van der Waals surface area (Å²) >= 11 is 3.54. The fourth-order valence-corrected chi connectivity index (χ4v) is 3.21. The molecule has 3 nitrogen and oxygen atoms in total. The van der Waals surface area contributed by atoms with Gasteiger partial charge in [-0.25, -0.2) is 4.79 Å². The summed E-state index contributed by atoms with van der Waals surface area (Å²) in [6.07, 6.45) is 5.69. The molecule has 0 radical (unpaired) electrons. The van der Waals surface area contributed by atoms with Crippen molar-refractivity contribution in [2.45, 2.75) is 38.1 Å². The molecule has 1 aromatic carbocycles. The van der Waals surface area contributed by atoms with Gasteiger partial charge in [-0.05, 0) is 37.5 Å². The van der Waals surface area contributed by atoms with Crippen molar-refractivity contribution in [2.75, 3.05) is 7.11 Å². The molecule has 0 amide bonds. The van der Waals surface area contributed by atoms with Gasteiger partial charge in [0.15, 0.2) is 0 Å². The van der Waals surface area contributed by atoms with Gasteiger partial charge in [0.05, 0.1) is 7.11 Å². The van der Waals surface area contributed by atoms with Gasteiger partial charge in [-0.2, -0.15) is 4.99 Å². The van der Waals surface area contributed by atoms with Crippen LogP contribution in [0.5, 0.6) is 5.75 Å². The molecule has 4 heteroatoms. The molecule has 1 fully saturated rings. The van der Waals surface area contributed by atoms with E-state index in [1.165, 1.54) is 0 Å². The van der Waals surface area contributed by atoms with Crippen molar-refractivity contribution < 1.29 is 9.53 Å². The van der Waals surface area contributed by atoms with E-state index < -0.39 is 5.54 Å². The minimum absolute atomic E-state index is 0.443. The molecule has 0 saturated heterocycles. The van der Waals surface area contributed by atoms with Gasteiger partial charge in [0, 0.05) is 10.0 Å². The quantitative estimate of drug-likeness (QED) is 0.628. The highest BCUT2D eigenvalue weighted by Gasteiger charge is 2.39. The van der Waals surface area contributed by atoms with E-state index in [0.717, 1.165) is 47.0 Å². The maximum Gasteiger partial charge on any atom is 0.235 e. The molecule has 0 unspecified atom stereocenters. The van der Waals surface area contributed by atoms with Crippen LogP contribution in [0, 0.1) is 6.92 Å². The second-order valence-corrected chi connectivity index (χ2v) is 5.55. The van der Waals surface area contributed by atoms with Crippen molar-refractivity contribution in [3.63, 3.8) is 0 Å². The second-order valence-electron chi connectivity index (χ2n) is 4.69. The van der Waals surface area contributed by atoms with Gasteiger partial charge >= 0.3 is 0 Å². The predicted molar refractivity (Wildman–Crippen MR) is 73.7 cm³/mol. The number of benzene rings is 1. The largest absolute Gasteiger partial charge is 0.496 e. The smallest absolute Gasteiger partial charge is 0.235 e. The zero-order chi connectivity index (χ0) is 13.2. The van der Waals surface area contributed by atoms with Crippen LogP contribution in [0.15, 0.2) is 21.6 Å². The van der Waals surface area contributed by atoms with E-state index in [1.807, 2.05) is 19.1 Å². The van der Waals surface area contributed by atoms with Gasteiger partial charge in [0.1, 0.15) is 11.3 Å². The average molecular weight is 310 g/mol. The molecule has 2 rings (SSSR count). The van der Waals surface area contributed by atoms with Crippen molar-refractivity contribution in [3.8, 4) is 5.75 Å². The number of isocyanates is 1. The van der Waals surface area contributed by atoms with Crippen molar-refractivity contribution in [1.82, 2.24) is 0 Å². The fraction of sp³-hybridized carbons (Fsp3) is 0.500. The van der Waals surface area contributed by atoms with Crippen LogP contribution in [0.4, 0.5) is 0 Å². The number of nitrogens with zero attached hydrogens (tertiary/aromatic N) is 1. The molecule has 1 aliphatic carbocycles.